The van der Waals surface area contributed by atoms with Crippen molar-refractivity contribution < 1.29 is 4.92 Å². The number of nitro benzene ring substituents is 1. The van der Waals surface area contributed by atoms with Gasteiger partial charge in [-0.3, -0.25) is 10.1 Å². The van der Waals surface area contributed by atoms with Gasteiger partial charge in [0.2, 0.25) is 0 Å². The van der Waals surface area contributed by atoms with E-state index in [1.165, 1.54) is 12.1 Å². The second-order valence-electron chi connectivity index (χ2n) is 5.22. The van der Waals surface area contributed by atoms with E-state index in [9.17, 15) is 10.1 Å². The van der Waals surface area contributed by atoms with Crippen LogP contribution >= 0.6 is 0 Å². The molecule has 4 heteroatoms. The van der Waals surface area contributed by atoms with Gasteiger partial charge >= 0.3 is 0 Å². The van der Waals surface area contributed by atoms with Crippen LogP contribution in [0.15, 0.2) is 89.9 Å². The van der Waals surface area contributed by atoms with Gasteiger partial charge in [-0.25, -0.2) is 4.99 Å². The quantitative estimate of drug-likeness (QED) is 0.301. The van der Waals surface area contributed by atoms with Crippen LogP contribution in [0.2, 0.25) is 0 Å². The standard InChI is InChI=1S/C21H14N2O2/c24-23(25)20-14-12-19(13-15-20)22-21(18-9-5-2-6-10-18)16-11-17-7-3-1-4-8-17/h1-10,12-15H. The van der Waals surface area contributed by atoms with Crippen LogP contribution in [0.4, 0.5) is 11.4 Å². The van der Waals surface area contributed by atoms with Crippen LogP contribution in [0, 0.1) is 22.0 Å². The van der Waals surface area contributed by atoms with E-state index in [1.54, 1.807) is 12.1 Å². The number of aliphatic imine (C=N–C) groups is 1. The largest absolute Gasteiger partial charge is 0.269 e. The maximum absolute atomic E-state index is 10.8. The lowest BCUT2D eigenvalue weighted by Crippen LogP contribution is -1.97. The number of hydrogen-bond acceptors (Lipinski definition) is 3. The van der Waals surface area contributed by atoms with Crippen LogP contribution < -0.4 is 0 Å². The highest BCUT2D eigenvalue weighted by atomic mass is 16.6. The first-order chi connectivity index (χ1) is 12.2. The fraction of sp³-hybridized carbons (Fsp3) is 0. The summed E-state index contributed by atoms with van der Waals surface area (Å²) in [6, 6.07) is 25.4. The third-order valence-electron chi connectivity index (χ3n) is 3.45. The van der Waals surface area contributed by atoms with E-state index in [0.29, 0.717) is 11.4 Å². The van der Waals surface area contributed by atoms with Crippen molar-refractivity contribution in [1.82, 2.24) is 0 Å². The molecule has 120 valence electrons. The molecule has 0 aliphatic rings. The molecule has 4 nitrogen and oxygen atoms in total. The molecule has 3 aromatic rings. The zero-order valence-corrected chi connectivity index (χ0v) is 13.3. The average Bonchev–Trinajstić information content (AvgIpc) is 2.67. The summed E-state index contributed by atoms with van der Waals surface area (Å²) < 4.78 is 0. The zero-order valence-electron chi connectivity index (χ0n) is 13.3. The van der Waals surface area contributed by atoms with Crippen molar-refractivity contribution in [3.05, 3.63) is 106 Å². The molecule has 0 aliphatic heterocycles. The minimum Gasteiger partial charge on any atom is -0.258 e. The molecule has 0 saturated heterocycles. The van der Waals surface area contributed by atoms with Crippen molar-refractivity contribution in [2.24, 2.45) is 4.99 Å². The highest BCUT2D eigenvalue weighted by Gasteiger charge is 2.05. The molecule has 0 bridgehead atoms. The van der Waals surface area contributed by atoms with Gasteiger partial charge in [-0.2, -0.15) is 0 Å². The molecule has 0 fully saturated rings. The lowest BCUT2D eigenvalue weighted by Gasteiger charge is -2.00. The lowest BCUT2D eigenvalue weighted by molar-refractivity contribution is -0.384. The molecular weight excluding hydrogens is 312 g/mol. The Balaban J connectivity index is 1.99. The molecule has 3 aromatic carbocycles. The van der Waals surface area contributed by atoms with Gasteiger partial charge in [0.05, 0.1) is 10.6 Å². The van der Waals surface area contributed by atoms with Gasteiger partial charge in [0, 0.05) is 23.3 Å². The summed E-state index contributed by atoms with van der Waals surface area (Å²) in [6.45, 7) is 0. The predicted molar refractivity (Wildman–Crippen MR) is 99.1 cm³/mol. The highest BCUT2D eigenvalue weighted by molar-refractivity contribution is 6.14. The minimum absolute atomic E-state index is 0.0376. The van der Waals surface area contributed by atoms with Gasteiger partial charge in [0.25, 0.3) is 5.69 Å². The normalized spacial score (nSPS) is 10.6. The van der Waals surface area contributed by atoms with Crippen molar-refractivity contribution in [3.8, 4) is 11.8 Å². The summed E-state index contributed by atoms with van der Waals surface area (Å²) in [5.41, 5.74) is 3.06. The van der Waals surface area contributed by atoms with E-state index >= 15 is 0 Å². The summed E-state index contributed by atoms with van der Waals surface area (Å²) in [4.78, 5) is 14.9. The van der Waals surface area contributed by atoms with Crippen LogP contribution in [0.5, 0.6) is 0 Å². The lowest BCUT2D eigenvalue weighted by atomic mass is 10.1. The van der Waals surface area contributed by atoms with E-state index in [4.69, 9.17) is 0 Å². The van der Waals surface area contributed by atoms with E-state index in [0.717, 1.165) is 11.1 Å². The molecule has 0 saturated carbocycles. The summed E-state index contributed by atoms with van der Waals surface area (Å²) in [6.07, 6.45) is 0. The molecule has 0 aromatic heterocycles. The van der Waals surface area contributed by atoms with Crippen LogP contribution in [0.1, 0.15) is 11.1 Å². The summed E-state index contributed by atoms with van der Waals surface area (Å²) in [5, 5.41) is 10.8. The van der Waals surface area contributed by atoms with Crippen molar-refractivity contribution in [2.45, 2.75) is 0 Å². The van der Waals surface area contributed by atoms with E-state index in [2.05, 4.69) is 16.8 Å². The molecule has 0 atom stereocenters. The second-order valence-corrected chi connectivity index (χ2v) is 5.22. The second kappa shape index (κ2) is 7.71. The molecule has 0 N–H and O–H groups in total. The summed E-state index contributed by atoms with van der Waals surface area (Å²) in [7, 11) is 0. The first kappa shape index (κ1) is 16.2. The molecule has 0 radical (unpaired) electrons. The molecule has 0 amide bonds. The van der Waals surface area contributed by atoms with E-state index < -0.39 is 4.92 Å². The zero-order chi connectivity index (χ0) is 17.5. The first-order valence-corrected chi connectivity index (χ1v) is 7.68. The van der Waals surface area contributed by atoms with Gasteiger partial charge in [-0.1, -0.05) is 54.5 Å². The molecular formula is C21H14N2O2. The fourth-order valence-electron chi connectivity index (χ4n) is 2.19. The predicted octanol–water partition coefficient (Wildman–Crippen LogP) is 4.77. The maximum atomic E-state index is 10.8. The minimum atomic E-state index is -0.430. The highest BCUT2D eigenvalue weighted by Crippen LogP contribution is 2.19. The Labute approximate surface area is 145 Å². The van der Waals surface area contributed by atoms with Crippen molar-refractivity contribution in [2.75, 3.05) is 0 Å². The Morgan fingerprint density at radius 2 is 1.44 bits per heavy atom. The van der Waals surface area contributed by atoms with E-state index in [1.807, 2.05) is 60.7 Å². The van der Waals surface area contributed by atoms with Gasteiger partial charge < -0.3 is 0 Å². The van der Waals surface area contributed by atoms with Crippen molar-refractivity contribution in [1.29, 1.82) is 0 Å². The number of benzene rings is 3. The number of hydrogen-bond donors (Lipinski definition) is 0. The van der Waals surface area contributed by atoms with Gasteiger partial charge in [0.1, 0.15) is 5.71 Å². The maximum Gasteiger partial charge on any atom is 0.269 e. The Morgan fingerprint density at radius 1 is 0.840 bits per heavy atom. The van der Waals surface area contributed by atoms with Crippen molar-refractivity contribution in [3.63, 3.8) is 0 Å². The molecule has 25 heavy (non-hydrogen) atoms. The molecule has 0 aliphatic carbocycles. The van der Waals surface area contributed by atoms with Crippen LogP contribution in [0.3, 0.4) is 0 Å². The number of rotatable bonds is 3. The van der Waals surface area contributed by atoms with Crippen LogP contribution in [-0.4, -0.2) is 10.6 Å². The Bertz CT molecular complexity index is 952. The van der Waals surface area contributed by atoms with Crippen molar-refractivity contribution >= 4 is 17.1 Å². The Kier molecular flexibility index (Phi) is 4.98. The Morgan fingerprint density at radius 3 is 2.04 bits per heavy atom. The molecule has 0 heterocycles. The SMILES string of the molecule is O=[N+]([O-])c1ccc(N=C(C#Cc2ccccc2)c2ccccc2)cc1. The number of nitrogens with zero attached hydrogens (tertiary/aromatic N) is 2. The number of nitro groups is 1. The van der Waals surface area contributed by atoms with Crippen LogP contribution in [0.25, 0.3) is 0 Å². The third kappa shape index (κ3) is 4.40. The average molecular weight is 326 g/mol. The Hall–Kier alpha value is -3.71. The number of non-ortho nitro benzene ring substituents is 1. The van der Waals surface area contributed by atoms with Gasteiger partial charge in [-0.05, 0) is 30.2 Å². The fourth-order valence-corrected chi connectivity index (χ4v) is 2.19. The molecule has 3 rings (SSSR count). The summed E-state index contributed by atoms with van der Waals surface area (Å²) >= 11 is 0. The van der Waals surface area contributed by atoms with Gasteiger partial charge in [-0.15, -0.1) is 0 Å². The topological polar surface area (TPSA) is 55.5 Å². The third-order valence-corrected chi connectivity index (χ3v) is 3.45. The van der Waals surface area contributed by atoms with Crippen LogP contribution in [-0.2, 0) is 0 Å². The molecule has 0 unspecified atom stereocenters. The van der Waals surface area contributed by atoms with Gasteiger partial charge in [0.15, 0.2) is 0 Å². The van der Waals surface area contributed by atoms with E-state index in [-0.39, 0.29) is 5.69 Å². The first-order valence-electron chi connectivity index (χ1n) is 7.68. The monoisotopic (exact) mass is 326 g/mol. The molecule has 0 spiro atoms. The smallest absolute Gasteiger partial charge is 0.258 e. The summed E-state index contributed by atoms with van der Waals surface area (Å²) in [5.74, 6) is 6.21.